The molecule has 3 atom stereocenters. The quantitative estimate of drug-likeness (QED) is 0.195. The minimum Gasteiger partial charge on any atom is -0.396 e. The molecule has 0 unspecified atom stereocenters. The number of carbonyl (C=O) groups excluding carboxylic acids is 3. The summed E-state index contributed by atoms with van der Waals surface area (Å²) in [6.45, 7) is 2.50. The van der Waals surface area contributed by atoms with Crippen molar-refractivity contribution in [2.45, 2.75) is 45.3 Å². The predicted molar refractivity (Wildman–Crippen MR) is 155 cm³/mol. The summed E-state index contributed by atoms with van der Waals surface area (Å²) in [6, 6.07) is 7.84. The Morgan fingerprint density at radius 2 is 1.83 bits per heavy atom. The highest BCUT2D eigenvalue weighted by molar-refractivity contribution is 9.10. The SMILES string of the molecule is Cc1ncc(-c2ccc3c(c2)c(C(=O)CO)nn3CC(=O)N2[C@H](C(=O)Nc3nc(Br)ccc3C)C[C@@]3(CO)C[C@@H]23)cn1. The van der Waals surface area contributed by atoms with Crippen molar-refractivity contribution < 1.29 is 24.6 Å². The molecule has 0 bridgehead atoms. The number of pyridine rings is 1. The first kappa shape index (κ1) is 28.1. The van der Waals surface area contributed by atoms with Crippen LogP contribution in [0.3, 0.4) is 0 Å². The average molecular weight is 634 g/mol. The number of ketones is 1. The maximum Gasteiger partial charge on any atom is 0.248 e. The van der Waals surface area contributed by atoms with Crippen molar-refractivity contribution in [1.82, 2.24) is 29.6 Å². The van der Waals surface area contributed by atoms with Crippen LogP contribution in [0.4, 0.5) is 5.82 Å². The number of halogens is 1. The van der Waals surface area contributed by atoms with Crippen LogP contribution in [0.1, 0.15) is 34.7 Å². The van der Waals surface area contributed by atoms with Gasteiger partial charge in [-0.05, 0) is 71.9 Å². The molecule has 42 heavy (non-hydrogen) atoms. The highest BCUT2D eigenvalue weighted by atomic mass is 79.9. The highest BCUT2D eigenvalue weighted by Gasteiger charge is 2.66. The number of hydrogen-bond donors (Lipinski definition) is 3. The van der Waals surface area contributed by atoms with Gasteiger partial charge in [-0.15, -0.1) is 0 Å². The van der Waals surface area contributed by atoms with E-state index in [0.29, 0.717) is 40.0 Å². The number of piperidine rings is 1. The first-order valence-electron chi connectivity index (χ1n) is 13.4. The van der Waals surface area contributed by atoms with E-state index in [0.717, 1.165) is 16.7 Å². The Bertz CT molecular complexity index is 1740. The predicted octanol–water partition coefficient (Wildman–Crippen LogP) is 2.43. The van der Waals surface area contributed by atoms with Gasteiger partial charge in [-0.25, -0.2) is 15.0 Å². The fraction of sp³-hybridized carbons (Fsp3) is 0.345. The zero-order valence-corrected chi connectivity index (χ0v) is 24.5. The number of amides is 2. The smallest absolute Gasteiger partial charge is 0.248 e. The first-order valence-corrected chi connectivity index (χ1v) is 14.2. The van der Waals surface area contributed by atoms with E-state index in [-0.39, 0.29) is 36.7 Å². The van der Waals surface area contributed by atoms with E-state index in [1.807, 2.05) is 19.1 Å². The van der Waals surface area contributed by atoms with Crippen LogP contribution in [0.5, 0.6) is 0 Å². The number of benzene rings is 1. The number of likely N-dealkylation sites (tertiary alicyclic amines) is 1. The molecule has 4 aromatic rings. The molecule has 2 fully saturated rings. The Kier molecular flexibility index (Phi) is 7.11. The molecule has 6 rings (SSSR count). The molecule has 1 saturated carbocycles. The van der Waals surface area contributed by atoms with E-state index >= 15 is 0 Å². The van der Waals surface area contributed by atoms with Gasteiger partial charge in [0.15, 0.2) is 0 Å². The largest absolute Gasteiger partial charge is 0.396 e. The monoisotopic (exact) mass is 633 g/mol. The van der Waals surface area contributed by atoms with Gasteiger partial charge in [-0.3, -0.25) is 19.1 Å². The van der Waals surface area contributed by atoms with Crippen LogP contribution in [0, 0.1) is 19.3 Å². The molecule has 13 heteroatoms. The van der Waals surface area contributed by atoms with Crippen LogP contribution < -0.4 is 5.32 Å². The normalized spacial score (nSPS) is 20.9. The molecular formula is C29H28BrN7O5. The third kappa shape index (κ3) is 4.86. The van der Waals surface area contributed by atoms with Gasteiger partial charge in [-0.1, -0.05) is 12.1 Å². The Hall–Kier alpha value is -4.07. The van der Waals surface area contributed by atoms with Gasteiger partial charge >= 0.3 is 0 Å². The summed E-state index contributed by atoms with van der Waals surface area (Å²) in [5.41, 5.74) is 2.30. The summed E-state index contributed by atoms with van der Waals surface area (Å²) in [7, 11) is 0. The van der Waals surface area contributed by atoms with Crippen molar-refractivity contribution in [3.63, 3.8) is 0 Å². The molecule has 216 valence electrons. The minimum atomic E-state index is -0.808. The number of hydrogen-bond acceptors (Lipinski definition) is 9. The second kappa shape index (κ2) is 10.6. The van der Waals surface area contributed by atoms with Crippen LogP contribution in [0.2, 0.25) is 0 Å². The highest BCUT2D eigenvalue weighted by Crippen LogP contribution is 2.59. The number of fused-ring (bicyclic) bond motifs is 2. The second-order valence-corrected chi connectivity index (χ2v) is 11.7. The van der Waals surface area contributed by atoms with E-state index in [4.69, 9.17) is 0 Å². The van der Waals surface area contributed by atoms with E-state index < -0.39 is 23.8 Å². The van der Waals surface area contributed by atoms with Crippen molar-refractivity contribution in [3.05, 3.63) is 64.4 Å². The van der Waals surface area contributed by atoms with Crippen LogP contribution in [-0.2, 0) is 16.1 Å². The molecule has 3 N–H and O–H groups in total. The standard InChI is InChI=1S/C29H28BrN7O5/c1-15-3-6-24(30)33-27(15)34-28(42)21-8-29(14-39)9-23(29)37(21)25(41)12-36-20-5-4-17(18-10-31-16(2)32-11-18)7-19(20)26(35-36)22(40)13-38/h3-7,10-11,21,23,38-39H,8-9,12-14H2,1-2H3,(H,33,34,42)/t21-,23+,29-/m0/s1. The van der Waals surface area contributed by atoms with Gasteiger partial charge in [-0.2, -0.15) is 5.10 Å². The lowest BCUT2D eigenvalue weighted by molar-refractivity contribution is -0.138. The van der Waals surface area contributed by atoms with Crippen molar-refractivity contribution in [2.24, 2.45) is 5.41 Å². The number of carbonyl (C=O) groups is 3. The fourth-order valence-electron chi connectivity index (χ4n) is 5.78. The maximum atomic E-state index is 13.8. The summed E-state index contributed by atoms with van der Waals surface area (Å²) in [5.74, 6) is -0.320. The summed E-state index contributed by atoms with van der Waals surface area (Å²) < 4.78 is 1.99. The average Bonchev–Trinajstić information content (AvgIpc) is 3.43. The molecule has 2 aliphatic rings. The first-order chi connectivity index (χ1) is 20.1. The molecule has 1 aromatic carbocycles. The zero-order chi connectivity index (χ0) is 29.8. The molecule has 3 aromatic heterocycles. The Morgan fingerprint density at radius 1 is 1.07 bits per heavy atom. The van der Waals surface area contributed by atoms with Gasteiger partial charge in [0.2, 0.25) is 17.6 Å². The third-order valence-corrected chi connectivity index (χ3v) is 8.63. The van der Waals surface area contributed by atoms with Crippen molar-refractivity contribution >= 4 is 50.2 Å². The number of aliphatic hydroxyl groups is 2. The second-order valence-electron chi connectivity index (χ2n) is 10.9. The van der Waals surface area contributed by atoms with Crippen molar-refractivity contribution in [3.8, 4) is 11.1 Å². The van der Waals surface area contributed by atoms with Gasteiger partial charge in [0, 0.05) is 34.8 Å². The Morgan fingerprint density at radius 3 is 2.55 bits per heavy atom. The van der Waals surface area contributed by atoms with E-state index in [1.165, 1.54) is 9.58 Å². The molecule has 1 saturated heterocycles. The molecule has 0 spiro atoms. The molecule has 1 aliphatic carbocycles. The molecule has 0 radical (unpaired) electrons. The number of nitrogens with zero attached hydrogens (tertiary/aromatic N) is 6. The molecule has 2 amide bonds. The minimum absolute atomic E-state index is 0.0400. The van der Waals surface area contributed by atoms with Crippen LogP contribution >= 0.6 is 15.9 Å². The van der Waals surface area contributed by atoms with Crippen LogP contribution in [-0.4, -0.2) is 82.7 Å². The van der Waals surface area contributed by atoms with Crippen LogP contribution in [0.15, 0.2) is 47.3 Å². The van der Waals surface area contributed by atoms with E-state index in [9.17, 15) is 24.6 Å². The van der Waals surface area contributed by atoms with E-state index in [1.54, 1.807) is 37.5 Å². The fourth-order valence-corrected chi connectivity index (χ4v) is 6.09. The number of aryl methyl sites for hydroxylation is 2. The van der Waals surface area contributed by atoms with Crippen LogP contribution in [0.25, 0.3) is 22.0 Å². The summed E-state index contributed by atoms with van der Waals surface area (Å²) in [6.07, 6.45) is 4.29. The number of aromatic nitrogens is 5. The lowest BCUT2D eigenvalue weighted by Crippen LogP contribution is -2.47. The van der Waals surface area contributed by atoms with Gasteiger partial charge in [0.1, 0.15) is 41.1 Å². The number of rotatable bonds is 8. The third-order valence-electron chi connectivity index (χ3n) is 8.19. The zero-order valence-electron chi connectivity index (χ0n) is 22.9. The number of aliphatic hydroxyl groups excluding tert-OH is 2. The summed E-state index contributed by atoms with van der Waals surface area (Å²) in [4.78, 5) is 54.3. The van der Waals surface area contributed by atoms with Gasteiger partial charge in [0.25, 0.3) is 0 Å². The van der Waals surface area contributed by atoms with E-state index in [2.05, 4.69) is 41.3 Å². The number of nitrogens with one attached hydrogen (secondary N) is 1. The molecule has 4 heterocycles. The Balaban J connectivity index is 1.31. The Labute approximate surface area is 248 Å². The maximum absolute atomic E-state index is 13.8. The number of anilines is 1. The van der Waals surface area contributed by atoms with Crippen molar-refractivity contribution in [2.75, 3.05) is 18.5 Å². The number of Topliss-reactive ketones (excluding diaryl/α,β-unsaturated/α-hetero) is 1. The summed E-state index contributed by atoms with van der Waals surface area (Å²) >= 11 is 3.32. The lowest BCUT2D eigenvalue weighted by Gasteiger charge is -2.27. The van der Waals surface area contributed by atoms with Crippen molar-refractivity contribution in [1.29, 1.82) is 0 Å². The molecule has 12 nitrogen and oxygen atoms in total. The lowest BCUT2D eigenvalue weighted by atomic mass is 10.0. The molecule has 1 aliphatic heterocycles. The summed E-state index contributed by atoms with van der Waals surface area (Å²) in [5, 5.41) is 27.5. The van der Waals surface area contributed by atoms with Gasteiger partial charge < -0.3 is 20.4 Å². The van der Waals surface area contributed by atoms with Gasteiger partial charge in [0.05, 0.1) is 12.1 Å². The molecular weight excluding hydrogens is 606 g/mol. The topological polar surface area (TPSA) is 163 Å².